The molecule has 6 heteroatoms. The van der Waals surface area contributed by atoms with Crippen molar-refractivity contribution < 1.29 is 5.11 Å². The predicted octanol–water partition coefficient (Wildman–Crippen LogP) is 1.21. The molecule has 0 aliphatic rings. The highest BCUT2D eigenvalue weighted by molar-refractivity contribution is 7.80. The number of benzene rings is 1. The highest BCUT2D eigenvalue weighted by atomic mass is 32.1. The summed E-state index contributed by atoms with van der Waals surface area (Å²) in [7, 11) is 1.67. The summed E-state index contributed by atoms with van der Waals surface area (Å²) in [5, 5.41) is 20.2. The van der Waals surface area contributed by atoms with Crippen LogP contribution in [-0.4, -0.2) is 23.2 Å². The molecule has 0 radical (unpaired) electrons. The molecule has 0 aliphatic carbocycles. The molecule has 0 amide bonds. The first kappa shape index (κ1) is 13.2. The number of aryl methyl sites for hydroxylation is 2. The Morgan fingerprint density at radius 2 is 1.88 bits per heavy atom. The summed E-state index contributed by atoms with van der Waals surface area (Å²) in [4.78, 5) is 1.43. The van der Waals surface area contributed by atoms with Crippen molar-refractivity contribution in [3.8, 4) is 5.75 Å². The van der Waals surface area contributed by atoms with E-state index in [0.717, 1.165) is 16.8 Å². The fourth-order valence-corrected chi connectivity index (χ4v) is 1.92. The van der Waals surface area contributed by atoms with Gasteiger partial charge in [0.15, 0.2) is 11.1 Å². The molecule has 0 saturated carbocycles. The zero-order valence-corrected chi connectivity index (χ0v) is 10.9. The minimum absolute atomic E-state index is 0.166. The van der Waals surface area contributed by atoms with Crippen molar-refractivity contribution in [1.29, 1.82) is 5.41 Å². The van der Waals surface area contributed by atoms with Gasteiger partial charge in [-0.15, -0.1) is 0 Å². The van der Waals surface area contributed by atoms with Gasteiger partial charge in [0.2, 0.25) is 0 Å². The maximum absolute atomic E-state index is 9.48. The maximum atomic E-state index is 9.48. The van der Waals surface area contributed by atoms with E-state index in [0.29, 0.717) is 5.11 Å². The van der Waals surface area contributed by atoms with Gasteiger partial charge in [0.1, 0.15) is 5.75 Å². The average Bonchev–Trinajstić information content (AvgIpc) is 2.21. The Balaban J connectivity index is 3.38. The molecule has 17 heavy (non-hydrogen) atoms. The Kier molecular flexibility index (Phi) is 3.90. The lowest BCUT2D eigenvalue weighted by Gasteiger charge is -2.26. The first-order valence-electron chi connectivity index (χ1n) is 5.04. The van der Waals surface area contributed by atoms with Crippen LogP contribution in [0.2, 0.25) is 0 Å². The number of nitrogens with two attached hydrogens (primary N) is 1. The molecule has 0 unspecified atom stereocenters. The number of phenolic OH excluding ortho intramolecular Hbond substituents is 1. The van der Waals surface area contributed by atoms with Gasteiger partial charge in [-0.3, -0.25) is 10.3 Å². The molecular weight excluding hydrogens is 236 g/mol. The lowest BCUT2D eigenvalue weighted by atomic mass is 10.1. The summed E-state index contributed by atoms with van der Waals surface area (Å²) >= 11 is 5.12. The SMILES string of the molecule is CNC(=S)N(C(=N)N)c1c(C)cc(O)cc1C. The Hall–Kier alpha value is -1.82. The number of rotatable bonds is 1. The summed E-state index contributed by atoms with van der Waals surface area (Å²) in [5.41, 5.74) is 7.86. The summed E-state index contributed by atoms with van der Waals surface area (Å²) in [6, 6.07) is 3.22. The monoisotopic (exact) mass is 252 g/mol. The highest BCUT2D eigenvalue weighted by Crippen LogP contribution is 2.28. The summed E-state index contributed by atoms with van der Waals surface area (Å²) in [6.07, 6.45) is 0. The zero-order valence-electron chi connectivity index (χ0n) is 10.0. The molecule has 1 aromatic carbocycles. The van der Waals surface area contributed by atoms with Gasteiger partial charge in [0, 0.05) is 7.05 Å². The summed E-state index contributed by atoms with van der Waals surface area (Å²) < 4.78 is 0. The zero-order chi connectivity index (χ0) is 13.2. The Bertz CT molecular complexity index is 450. The largest absolute Gasteiger partial charge is 0.508 e. The lowest BCUT2D eigenvalue weighted by Crippen LogP contribution is -2.46. The standard InChI is InChI=1S/C11H16N4OS/c1-6-4-8(16)5-7(2)9(6)15(10(12)13)11(17)14-3/h4-5,16H,1-3H3,(H3,12,13)(H,14,17). The molecule has 0 atom stereocenters. The van der Waals surface area contributed by atoms with Crippen molar-refractivity contribution >= 4 is 29.0 Å². The van der Waals surface area contributed by atoms with E-state index in [4.69, 9.17) is 23.4 Å². The Morgan fingerprint density at radius 3 is 2.24 bits per heavy atom. The van der Waals surface area contributed by atoms with Gasteiger partial charge >= 0.3 is 0 Å². The quantitative estimate of drug-likeness (QED) is 0.343. The predicted molar refractivity (Wildman–Crippen MR) is 73.6 cm³/mol. The molecule has 92 valence electrons. The van der Waals surface area contributed by atoms with Crippen LogP contribution < -0.4 is 16.0 Å². The molecule has 0 bridgehead atoms. The number of hydrogen-bond donors (Lipinski definition) is 4. The van der Waals surface area contributed by atoms with Crippen LogP contribution in [0.5, 0.6) is 5.75 Å². The maximum Gasteiger partial charge on any atom is 0.199 e. The van der Waals surface area contributed by atoms with Crippen molar-refractivity contribution in [3.63, 3.8) is 0 Å². The van der Waals surface area contributed by atoms with E-state index in [1.165, 1.54) is 4.90 Å². The van der Waals surface area contributed by atoms with Gasteiger partial charge in [-0.25, -0.2) is 0 Å². The molecule has 0 fully saturated rings. The topological polar surface area (TPSA) is 85.4 Å². The lowest BCUT2D eigenvalue weighted by molar-refractivity contribution is 0.474. The van der Waals surface area contributed by atoms with Crippen molar-refractivity contribution in [2.24, 2.45) is 5.73 Å². The smallest absolute Gasteiger partial charge is 0.199 e. The van der Waals surface area contributed by atoms with Crippen LogP contribution in [0.25, 0.3) is 0 Å². The number of aromatic hydroxyl groups is 1. The van der Waals surface area contributed by atoms with Crippen LogP contribution >= 0.6 is 12.2 Å². The molecule has 1 rings (SSSR count). The van der Waals surface area contributed by atoms with Crippen LogP contribution in [0, 0.1) is 19.3 Å². The fourth-order valence-electron chi connectivity index (χ4n) is 1.73. The minimum Gasteiger partial charge on any atom is -0.508 e. The number of phenols is 1. The van der Waals surface area contributed by atoms with Crippen LogP contribution in [0.1, 0.15) is 11.1 Å². The van der Waals surface area contributed by atoms with Gasteiger partial charge in [0.05, 0.1) is 5.69 Å². The van der Waals surface area contributed by atoms with E-state index in [-0.39, 0.29) is 11.7 Å². The van der Waals surface area contributed by atoms with E-state index in [2.05, 4.69) is 5.32 Å². The number of hydrogen-bond acceptors (Lipinski definition) is 3. The van der Waals surface area contributed by atoms with E-state index >= 15 is 0 Å². The fraction of sp³-hybridized carbons (Fsp3) is 0.273. The van der Waals surface area contributed by atoms with Gasteiger partial charge < -0.3 is 16.2 Å². The molecule has 1 aromatic rings. The van der Waals surface area contributed by atoms with Crippen LogP contribution in [0.4, 0.5) is 5.69 Å². The van der Waals surface area contributed by atoms with E-state index in [1.807, 2.05) is 13.8 Å². The average molecular weight is 252 g/mol. The van der Waals surface area contributed by atoms with E-state index < -0.39 is 0 Å². The van der Waals surface area contributed by atoms with Crippen LogP contribution in [0.15, 0.2) is 12.1 Å². The van der Waals surface area contributed by atoms with Gasteiger partial charge in [0.25, 0.3) is 0 Å². The molecule has 0 heterocycles. The molecule has 5 N–H and O–H groups in total. The second kappa shape index (κ2) is 5.01. The minimum atomic E-state index is -0.166. The first-order chi connectivity index (χ1) is 7.88. The first-order valence-corrected chi connectivity index (χ1v) is 5.45. The third-order valence-electron chi connectivity index (χ3n) is 2.36. The summed E-state index contributed by atoms with van der Waals surface area (Å²) in [5.74, 6) is 0.0175. The van der Waals surface area contributed by atoms with Crippen molar-refractivity contribution in [3.05, 3.63) is 23.3 Å². The van der Waals surface area contributed by atoms with Crippen molar-refractivity contribution in [1.82, 2.24) is 5.32 Å². The van der Waals surface area contributed by atoms with Crippen molar-refractivity contribution in [2.45, 2.75) is 13.8 Å². The Labute approximate surface area is 106 Å². The second-order valence-electron chi connectivity index (χ2n) is 3.70. The summed E-state index contributed by atoms with van der Waals surface area (Å²) in [6.45, 7) is 3.66. The van der Waals surface area contributed by atoms with Crippen LogP contribution in [-0.2, 0) is 0 Å². The number of thiocarbonyl (C=S) groups is 1. The highest BCUT2D eigenvalue weighted by Gasteiger charge is 2.19. The normalized spacial score (nSPS) is 9.82. The third kappa shape index (κ3) is 2.65. The molecule has 0 saturated heterocycles. The van der Waals surface area contributed by atoms with Crippen LogP contribution in [0.3, 0.4) is 0 Å². The van der Waals surface area contributed by atoms with Gasteiger partial charge in [-0.1, -0.05) is 0 Å². The number of nitrogens with zero attached hydrogens (tertiary/aromatic N) is 1. The molecule has 0 aliphatic heterocycles. The van der Waals surface area contributed by atoms with E-state index in [9.17, 15) is 5.11 Å². The molecule has 0 aromatic heterocycles. The molecular formula is C11H16N4OS. The second-order valence-corrected chi connectivity index (χ2v) is 4.09. The van der Waals surface area contributed by atoms with E-state index in [1.54, 1.807) is 19.2 Å². The van der Waals surface area contributed by atoms with Gasteiger partial charge in [-0.05, 0) is 49.3 Å². The molecule has 5 nitrogen and oxygen atoms in total. The molecule has 0 spiro atoms. The third-order valence-corrected chi connectivity index (χ3v) is 2.74. The van der Waals surface area contributed by atoms with Crippen molar-refractivity contribution in [2.75, 3.05) is 11.9 Å². The van der Waals surface area contributed by atoms with Gasteiger partial charge in [-0.2, -0.15) is 0 Å². The number of nitrogens with one attached hydrogen (secondary N) is 2. The number of guanidine groups is 1. The Morgan fingerprint density at radius 1 is 1.41 bits per heavy atom. The number of anilines is 1.